The number of furan rings is 1. The first-order valence-electron chi connectivity index (χ1n) is 11.9. The Kier molecular flexibility index (Phi) is 7.63. The highest BCUT2D eigenvalue weighted by Crippen LogP contribution is 2.32. The van der Waals surface area contributed by atoms with Crippen LogP contribution in [-0.4, -0.2) is 37.0 Å². The third-order valence-electron chi connectivity index (χ3n) is 6.26. The summed E-state index contributed by atoms with van der Waals surface area (Å²) in [6, 6.07) is 18.7. The molecule has 33 heavy (non-hydrogen) atoms. The average molecular weight is 444 g/mol. The molecule has 1 saturated heterocycles. The van der Waals surface area contributed by atoms with E-state index in [-0.39, 0.29) is 5.91 Å². The van der Waals surface area contributed by atoms with Gasteiger partial charge >= 0.3 is 0 Å². The molecular weight excluding hydrogens is 410 g/mol. The third-order valence-corrected chi connectivity index (χ3v) is 6.26. The van der Waals surface area contributed by atoms with Crippen LogP contribution in [0.2, 0.25) is 0 Å². The van der Waals surface area contributed by atoms with E-state index in [0.717, 1.165) is 67.9 Å². The molecule has 0 atom stereocenters. The van der Waals surface area contributed by atoms with Gasteiger partial charge in [-0.15, -0.1) is 0 Å². The van der Waals surface area contributed by atoms with Gasteiger partial charge in [0.05, 0.1) is 12.5 Å². The number of carbonyl (C=O) groups is 1. The van der Waals surface area contributed by atoms with Gasteiger partial charge in [0.25, 0.3) is 5.91 Å². The van der Waals surface area contributed by atoms with Gasteiger partial charge in [-0.25, -0.2) is 0 Å². The molecule has 2 heterocycles. The predicted molar refractivity (Wildman–Crippen MR) is 134 cm³/mol. The van der Waals surface area contributed by atoms with Crippen molar-refractivity contribution >= 4 is 17.2 Å². The lowest BCUT2D eigenvalue weighted by atomic mass is 9.88. The van der Waals surface area contributed by atoms with Gasteiger partial charge in [0.2, 0.25) is 0 Å². The van der Waals surface area contributed by atoms with Crippen molar-refractivity contribution in [2.75, 3.05) is 31.5 Å². The van der Waals surface area contributed by atoms with E-state index in [9.17, 15) is 4.79 Å². The standard InChI is InChI=1S/C28H33N3O2/c1-3-31(4-2)28(32)24-10-8-22(9-11-24)27(23-12-15-29-16-13-23)25-6-5-7-26(18-25)30-19-21-14-17-33-20-21/h5-11,14,17-18,20,29-30H,3-4,12-13,15-16,19H2,1-2H3. The molecule has 1 fully saturated rings. The molecule has 4 rings (SSSR count). The quantitative estimate of drug-likeness (QED) is 0.479. The molecule has 2 N–H and O–H groups in total. The monoisotopic (exact) mass is 443 g/mol. The second kappa shape index (κ2) is 11.0. The summed E-state index contributed by atoms with van der Waals surface area (Å²) in [5.41, 5.74) is 8.04. The fourth-order valence-electron chi connectivity index (χ4n) is 4.41. The normalized spacial score (nSPS) is 13.6. The molecule has 0 saturated carbocycles. The van der Waals surface area contributed by atoms with Gasteiger partial charge in [-0.3, -0.25) is 4.79 Å². The number of anilines is 1. The lowest BCUT2D eigenvalue weighted by molar-refractivity contribution is 0.0773. The van der Waals surface area contributed by atoms with Gasteiger partial charge < -0.3 is 20.0 Å². The van der Waals surface area contributed by atoms with Crippen LogP contribution in [0.4, 0.5) is 5.69 Å². The summed E-state index contributed by atoms with van der Waals surface area (Å²) in [5, 5.41) is 6.96. The fourth-order valence-corrected chi connectivity index (χ4v) is 4.41. The zero-order chi connectivity index (χ0) is 23.0. The van der Waals surface area contributed by atoms with Crippen molar-refractivity contribution in [2.24, 2.45) is 0 Å². The first kappa shape index (κ1) is 22.9. The summed E-state index contributed by atoms with van der Waals surface area (Å²) >= 11 is 0. The third kappa shape index (κ3) is 5.55. The van der Waals surface area contributed by atoms with Crippen LogP contribution in [0.15, 0.2) is 77.1 Å². The van der Waals surface area contributed by atoms with Gasteiger partial charge in [0, 0.05) is 36.4 Å². The Bertz CT molecular complexity index is 1070. The van der Waals surface area contributed by atoms with E-state index in [4.69, 9.17) is 4.42 Å². The Morgan fingerprint density at radius 3 is 2.36 bits per heavy atom. The highest BCUT2D eigenvalue weighted by molar-refractivity contribution is 5.95. The molecule has 172 valence electrons. The van der Waals surface area contributed by atoms with Gasteiger partial charge in [-0.05, 0) is 86.8 Å². The molecule has 5 heteroatoms. The average Bonchev–Trinajstić information content (AvgIpc) is 3.39. The summed E-state index contributed by atoms with van der Waals surface area (Å²) in [7, 11) is 0. The molecule has 0 unspecified atom stereocenters. The van der Waals surface area contributed by atoms with Crippen LogP contribution in [0.5, 0.6) is 0 Å². The number of rotatable bonds is 8. The zero-order valence-electron chi connectivity index (χ0n) is 19.6. The Morgan fingerprint density at radius 1 is 0.970 bits per heavy atom. The summed E-state index contributed by atoms with van der Waals surface area (Å²) in [6.45, 7) is 8.19. The largest absolute Gasteiger partial charge is 0.472 e. The van der Waals surface area contributed by atoms with Crippen LogP contribution in [-0.2, 0) is 6.54 Å². The van der Waals surface area contributed by atoms with E-state index in [2.05, 4.69) is 47.0 Å². The smallest absolute Gasteiger partial charge is 0.253 e. The van der Waals surface area contributed by atoms with E-state index in [1.165, 1.54) is 16.7 Å². The van der Waals surface area contributed by atoms with Crippen LogP contribution >= 0.6 is 0 Å². The lowest BCUT2D eigenvalue weighted by Gasteiger charge is -2.22. The molecule has 2 aromatic carbocycles. The summed E-state index contributed by atoms with van der Waals surface area (Å²) in [6.07, 6.45) is 5.52. The molecule has 0 bridgehead atoms. The van der Waals surface area contributed by atoms with Crippen molar-refractivity contribution < 1.29 is 9.21 Å². The second-order valence-corrected chi connectivity index (χ2v) is 8.35. The van der Waals surface area contributed by atoms with E-state index < -0.39 is 0 Å². The first-order valence-corrected chi connectivity index (χ1v) is 11.9. The molecular formula is C28H33N3O2. The Hall–Kier alpha value is -3.31. The number of nitrogens with one attached hydrogen (secondary N) is 2. The van der Waals surface area contributed by atoms with Crippen LogP contribution < -0.4 is 10.6 Å². The van der Waals surface area contributed by atoms with E-state index >= 15 is 0 Å². The molecule has 3 aromatic rings. The Balaban J connectivity index is 1.64. The van der Waals surface area contributed by atoms with Crippen molar-refractivity contribution in [3.63, 3.8) is 0 Å². The van der Waals surface area contributed by atoms with Crippen LogP contribution in [0.1, 0.15) is 53.7 Å². The van der Waals surface area contributed by atoms with Gasteiger partial charge in [0.15, 0.2) is 0 Å². The first-order chi connectivity index (χ1) is 16.2. The van der Waals surface area contributed by atoms with Gasteiger partial charge in [-0.1, -0.05) is 29.8 Å². The highest BCUT2D eigenvalue weighted by Gasteiger charge is 2.17. The van der Waals surface area contributed by atoms with Crippen molar-refractivity contribution in [1.29, 1.82) is 0 Å². The van der Waals surface area contributed by atoms with Crippen LogP contribution in [0, 0.1) is 0 Å². The maximum atomic E-state index is 12.8. The fraction of sp³-hybridized carbons (Fsp3) is 0.321. The minimum atomic E-state index is 0.0908. The molecule has 1 aliphatic heterocycles. The molecule has 1 aliphatic rings. The Morgan fingerprint density at radius 2 is 1.70 bits per heavy atom. The molecule has 1 aromatic heterocycles. The second-order valence-electron chi connectivity index (χ2n) is 8.35. The van der Waals surface area contributed by atoms with Crippen molar-refractivity contribution in [3.8, 4) is 0 Å². The zero-order valence-corrected chi connectivity index (χ0v) is 19.6. The number of benzene rings is 2. The SMILES string of the molecule is CCN(CC)C(=O)c1ccc(C(=C2CCNCC2)c2cccc(NCc3ccoc3)c2)cc1. The maximum Gasteiger partial charge on any atom is 0.253 e. The molecule has 0 spiro atoms. The molecule has 0 radical (unpaired) electrons. The van der Waals surface area contributed by atoms with E-state index in [1.54, 1.807) is 12.5 Å². The minimum absolute atomic E-state index is 0.0908. The maximum absolute atomic E-state index is 12.8. The number of amides is 1. The minimum Gasteiger partial charge on any atom is -0.472 e. The van der Waals surface area contributed by atoms with Crippen molar-refractivity contribution in [1.82, 2.24) is 10.2 Å². The van der Waals surface area contributed by atoms with Gasteiger partial charge in [-0.2, -0.15) is 0 Å². The number of nitrogens with zero attached hydrogens (tertiary/aromatic N) is 1. The summed E-state index contributed by atoms with van der Waals surface area (Å²) in [5.74, 6) is 0.0908. The summed E-state index contributed by atoms with van der Waals surface area (Å²) < 4.78 is 5.18. The predicted octanol–water partition coefficient (Wildman–Crippen LogP) is 5.56. The van der Waals surface area contributed by atoms with E-state index in [0.29, 0.717) is 0 Å². The van der Waals surface area contributed by atoms with Crippen molar-refractivity contribution in [2.45, 2.75) is 33.2 Å². The van der Waals surface area contributed by atoms with Gasteiger partial charge in [0.1, 0.15) is 0 Å². The topological polar surface area (TPSA) is 57.5 Å². The van der Waals surface area contributed by atoms with Crippen LogP contribution in [0.25, 0.3) is 5.57 Å². The molecule has 5 nitrogen and oxygen atoms in total. The lowest BCUT2D eigenvalue weighted by Crippen LogP contribution is -2.30. The number of hydrogen-bond acceptors (Lipinski definition) is 4. The Labute approximate surface area is 196 Å². The van der Waals surface area contributed by atoms with Crippen LogP contribution in [0.3, 0.4) is 0 Å². The number of carbonyl (C=O) groups excluding carboxylic acids is 1. The van der Waals surface area contributed by atoms with E-state index in [1.807, 2.05) is 36.9 Å². The summed E-state index contributed by atoms with van der Waals surface area (Å²) in [4.78, 5) is 14.6. The molecule has 1 amide bonds. The number of hydrogen-bond donors (Lipinski definition) is 2. The highest BCUT2D eigenvalue weighted by atomic mass is 16.3. The number of piperidine rings is 1. The van der Waals surface area contributed by atoms with Crippen molar-refractivity contribution in [3.05, 3.63) is 95.0 Å². The molecule has 0 aliphatic carbocycles.